The summed E-state index contributed by atoms with van der Waals surface area (Å²) in [6.07, 6.45) is 3.44. The Morgan fingerprint density at radius 2 is 2.16 bits per heavy atom. The lowest BCUT2D eigenvalue weighted by Crippen LogP contribution is -2.42. The highest BCUT2D eigenvalue weighted by molar-refractivity contribution is 7.08. The summed E-state index contributed by atoms with van der Waals surface area (Å²) in [6, 6.07) is 3.70. The summed E-state index contributed by atoms with van der Waals surface area (Å²) in [5.74, 6) is -1.71. The number of rotatable bonds is 6. The number of aryl methyl sites for hydroxylation is 1. The molecular weight excluding hydrogens is 420 g/mol. The zero-order valence-electron chi connectivity index (χ0n) is 16.7. The van der Waals surface area contributed by atoms with Gasteiger partial charge in [0, 0.05) is 24.4 Å². The fraction of sp³-hybridized carbons (Fsp3) is 0.190. The number of aromatic hydroxyl groups is 1. The number of hydrogen-bond donors (Lipinski definition) is 4. The quantitative estimate of drug-likeness (QED) is 0.466. The lowest BCUT2D eigenvalue weighted by Gasteiger charge is -2.30. The summed E-state index contributed by atoms with van der Waals surface area (Å²) in [7, 11) is 1.78. The predicted molar refractivity (Wildman–Crippen MR) is 115 cm³/mol. The molecule has 31 heavy (non-hydrogen) atoms. The van der Waals surface area contributed by atoms with Crippen LogP contribution >= 0.6 is 11.3 Å². The number of carboxylic acids is 1. The van der Waals surface area contributed by atoms with Crippen LogP contribution in [0.5, 0.6) is 11.5 Å². The molecule has 0 saturated carbocycles. The molecule has 4 rings (SSSR count). The minimum atomic E-state index is -1.30. The van der Waals surface area contributed by atoms with E-state index in [1.54, 1.807) is 37.1 Å². The Morgan fingerprint density at radius 3 is 2.77 bits per heavy atom. The molecule has 10 heteroatoms. The van der Waals surface area contributed by atoms with Gasteiger partial charge in [0.1, 0.15) is 5.56 Å². The topological polar surface area (TPSA) is 126 Å². The van der Waals surface area contributed by atoms with Crippen LogP contribution in [0.3, 0.4) is 0 Å². The van der Waals surface area contributed by atoms with Gasteiger partial charge in [0.05, 0.1) is 24.5 Å². The number of benzene rings is 1. The van der Waals surface area contributed by atoms with E-state index in [0.717, 1.165) is 11.1 Å². The van der Waals surface area contributed by atoms with E-state index >= 15 is 0 Å². The molecule has 2 amide bonds. The van der Waals surface area contributed by atoms with Gasteiger partial charge >= 0.3 is 12.0 Å². The largest absolute Gasteiger partial charge is 0.504 e. The molecule has 1 aromatic carbocycles. The van der Waals surface area contributed by atoms with Crippen LogP contribution in [-0.4, -0.2) is 38.6 Å². The van der Waals surface area contributed by atoms with Gasteiger partial charge in [-0.3, -0.25) is 4.68 Å². The van der Waals surface area contributed by atoms with Crippen molar-refractivity contribution in [3.8, 4) is 11.5 Å². The molecule has 3 heterocycles. The number of carboxylic acid groups (broad SMARTS) is 1. The Bertz CT molecular complexity index is 1180. The van der Waals surface area contributed by atoms with Crippen LogP contribution < -0.4 is 15.4 Å². The number of thiophene rings is 1. The standard InChI is InChI=1S/C21H20N4O5S/c1-3-30-15-7-12(6-14(19(15)26)20(27)28)17-16(11-4-5-31-10-11)18(24-21(29)23-17)13-8-22-25(2)9-13/h4-10,17,26H,3H2,1-2H3,(H,27,28)(H2,23,24,29). The molecule has 1 aliphatic rings. The second kappa shape index (κ2) is 8.15. The van der Waals surface area contributed by atoms with E-state index in [-0.39, 0.29) is 17.9 Å². The summed E-state index contributed by atoms with van der Waals surface area (Å²) in [4.78, 5) is 24.3. The van der Waals surface area contributed by atoms with Crippen molar-refractivity contribution in [2.75, 3.05) is 6.61 Å². The van der Waals surface area contributed by atoms with Crippen LogP contribution in [0.4, 0.5) is 4.79 Å². The SMILES string of the molecule is CCOc1cc(C2NC(=O)NC(c3cnn(C)c3)=C2c2ccsc2)cc(C(=O)O)c1O. The van der Waals surface area contributed by atoms with Gasteiger partial charge in [0.15, 0.2) is 11.5 Å². The number of aromatic carboxylic acids is 1. The first-order valence-corrected chi connectivity index (χ1v) is 10.4. The smallest absolute Gasteiger partial charge is 0.339 e. The minimum absolute atomic E-state index is 0.0396. The van der Waals surface area contributed by atoms with Gasteiger partial charge in [-0.05, 0) is 47.0 Å². The molecule has 1 aliphatic heterocycles. The highest BCUT2D eigenvalue weighted by Gasteiger charge is 2.32. The Morgan fingerprint density at radius 1 is 1.35 bits per heavy atom. The van der Waals surface area contributed by atoms with Crippen molar-refractivity contribution in [1.82, 2.24) is 20.4 Å². The normalized spacial score (nSPS) is 16.1. The fourth-order valence-corrected chi connectivity index (χ4v) is 4.20. The number of hydrogen-bond acceptors (Lipinski definition) is 6. The number of aromatic nitrogens is 2. The summed E-state index contributed by atoms with van der Waals surface area (Å²) < 4.78 is 7.09. The number of carbonyl (C=O) groups excluding carboxylic acids is 1. The molecule has 160 valence electrons. The van der Waals surface area contributed by atoms with E-state index in [1.807, 2.05) is 16.8 Å². The second-order valence-electron chi connectivity index (χ2n) is 6.89. The van der Waals surface area contributed by atoms with Crippen molar-refractivity contribution in [3.63, 3.8) is 0 Å². The van der Waals surface area contributed by atoms with Gasteiger partial charge in [-0.1, -0.05) is 0 Å². The molecule has 0 saturated heterocycles. The van der Waals surface area contributed by atoms with E-state index in [4.69, 9.17) is 4.74 Å². The molecule has 0 fully saturated rings. The Hall–Kier alpha value is -3.79. The number of nitrogens with one attached hydrogen (secondary N) is 2. The van der Waals surface area contributed by atoms with E-state index in [9.17, 15) is 19.8 Å². The van der Waals surface area contributed by atoms with Crippen molar-refractivity contribution in [3.05, 3.63) is 63.6 Å². The van der Waals surface area contributed by atoms with Gasteiger partial charge in [0.25, 0.3) is 0 Å². The highest BCUT2D eigenvalue weighted by Crippen LogP contribution is 2.42. The van der Waals surface area contributed by atoms with Gasteiger partial charge in [0.2, 0.25) is 0 Å². The molecule has 0 bridgehead atoms. The van der Waals surface area contributed by atoms with Gasteiger partial charge in [-0.2, -0.15) is 16.4 Å². The molecule has 9 nitrogen and oxygen atoms in total. The van der Waals surface area contributed by atoms with Gasteiger partial charge in [-0.25, -0.2) is 9.59 Å². The third kappa shape index (κ3) is 3.84. The number of ether oxygens (including phenoxy) is 1. The van der Waals surface area contributed by atoms with E-state index < -0.39 is 23.8 Å². The molecular formula is C21H20N4O5S. The van der Waals surface area contributed by atoms with E-state index in [2.05, 4.69) is 15.7 Å². The molecule has 0 spiro atoms. The second-order valence-corrected chi connectivity index (χ2v) is 7.67. The van der Waals surface area contributed by atoms with Crippen LogP contribution in [-0.2, 0) is 7.05 Å². The molecule has 0 aliphatic carbocycles. The van der Waals surface area contributed by atoms with Crippen molar-refractivity contribution >= 4 is 34.6 Å². The van der Waals surface area contributed by atoms with Gasteiger partial charge < -0.3 is 25.6 Å². The van der Waals surface area contributed by atoms with Crippen molar-refractivity contribution in [2.45, 2.75) is 13.0 Å². The lowest BCUT2D eigenvalue weighted by atomic mass is 9.88. The zero-order chi connectivity index (χ0) is 22.1. The Balaban J connectivity index is 1.96. The maximum atomic E-state index is 12.6. The van der Waals surface area contributed by atoms with E-state index in [0.29, 0.717) is 16.8 Å². The average molecular weight is 440 g/mol. The average Bonchev–Trinajstić information content (AvgIpc) is 3.40. The number of phenols is 1. The first kappa shape index (κ1) is 20.5. The molecule has 0 radical (unpaired) electrons. The fourth-order valence-electron chi connectivity index (χ4n) is 3.55. The zero-order valence-corrected chi connectivity index (χ0v) is 17.6. The van der Waals surface area contributed by atoms with Crippen LogP contribution in [0.25, 0.3) is 11.3 Å². The van der Waals surface area contributed by atoms with Crippen LogP contribution in [0.15, 0.2) is 41.4 Å². The predicted octanol–water partition coefficient (Wildman–Crippen LogP) is 3.21. The summed E-state index contributed by atoms with van der Waals surface area (Å²) in [5.41, 5.74) is 3.06. The number of nitrogens with zero attached hydrogens (tertiary/aromatic N) is 2. The maximum absolute atomic E-state index is 12.6. The van der Waals surface area contributed by atoms with Gasteiger partial charge in [-0.15, -0.1) is 0 Å². The first-order chi connectivity index (χ1) is 14.9. The molecule has 2 aromatic heterocycles. The molecule has 1 atom stereocenters. The third-order valence-electron chi connectivity index (χ3n) is 4.86. The van der Waals surface area contributed by atoms with Crippen molar-refractivity contribution in [2.24, 2.45) is 7.05 Å². The number of carbonyl (C=O) groups is 2. The highest BCUT2D eigenvalue weighted by atomic mass is 32.1. The Kier molecular flexibility index (Phi) is 5.38. The molecule has 4 N–H and O–H groups in total. The monoisotopic (exact) mass is 440 g/mol. The van der Waals surface area contributed by atoms with Crippen LogP contribution in [0.1, 0.15) is 40.0 Å². The summed E-state index contributed by atoms with van der Waals surface area (Å²) in [5, 5.41) is 33.7. The van der Waals surface area contributed by atoms with Crippen LogP contribution in [0.2, 0.25) is 0 Å². The molecule has 3 aromatic rings. The maximum Gasteiger partial charge on any atom is 0.339 e. The first-order valence-electron chi connectivity index (χ1n) is 9.45. The van der Waals surface area contributed by atoms with E-state index in [1.165, 1.54) is 17.4 Å². The number of urea groups is 1. The summed E-state index contributed by atoms with van der Waals surface area (Å²) >= 11 is 1.50. The van der Waals surface area contributed by atoms with Crippen molar-refractivity contribution in [1.29, 1.82) is 0 Å². The minimum Gasteiger partial charge on any atom is -0.504 e. The summed E-state index contributed by atoms with van der Waals surface area (Å²) in [6.45, 7) is 1.97. The van der Waals surface area contributed by atoms with Crippen LogP contribution in [0, 0.1) is 0 Å². The number of amides is 2. The Labute approximate surface area is 181 Å². The lowest BCUT2D eigenvalue weighted by molar-refractivity contribution is 0.0692. The molecule has 1 unspecified atom stereocenters. The third-order valence-corrected chi connectivity index (χ3v) is 5.54. The van der Waals surface area contributed by atoms with Crippen molar-refractivity contribution < 1.29 is 24.5 Å².